The summed E-state index contributed by atoms with van der Waals surface area (Å²) >= 11 is 0. The highest BCUT2D eigenvalue weighted by Crippen LogP contribution is 2.29. The monoisotopic (exact) mass is 287 g/mol. The first-order valence-electron chi connectivity index (χ1n) is 6.42. The van der Waals surface area contributed by atoms with Crippen molar-refractivity contribution in [3.8, 4) is 0 Å². The maximum absolute atomic E-state index is 9.35. The molecule has 0 saturated carbocycles. The summed E-state index contributed by atoms with van der Waals surface area (Å²) in [5.74, 6) is -2.73. The molecule has 1 aliphatic rings. The van der Waals surface area contributed by atoms with Crippen LogP contribution < -0.4 is 5.32 Å². The van der Waals surface area contributed by atoms with Gasteiger partial charge in [0.15, 0.2) is 0 Å². The van der Waals surface area contributed by atoms with Crippen molar-refractivity contribution in [2.75, 3.05) is 0 Å². The van der Waals surface area contributed by atoms with E-state index in [1.165, 1.54) is 0 Å². The Labute approximate surface area is 119 Å². The van der Waals surface area contributed by atoms with Gasteiger partial charge in [0.05, 0.1) is 0 Å². The molecular formula is C14H22ClNO3. The van der Waals surface area contributed by atoms with Crippen LogP contribution in [0.2, 0.25) is 0 Å². The zero-order valence-electron chi connectivity index (χ0n) is 11.3. The Morgan fingerprint density at radius 2 is 1.95 bits per heavy atom. The van der Waals surface area contributed by atoms with Crippen LogP contribution in [0.4, 0.5) is 0 Å². The van der Waals surface area contributed by atoms with Crippen LogP contribution in [0.5, 0.6) is 0 Å². The molecule has 4 nitrogen and oxygen atoms in total. The van der Waals surface area contributed by atoms with Crippen LogP contribution in [0.3, 0.4) is 0 Å². The predicted molar refractivity (Wildman–Crippen MR) is 76.1 cm³/mol. The van der Waals surface area contributed by atoms with E-state index in [-0.39, 0.29) is 18.0 Å². The average molecular weight is 288 g/mol. The Balaban J connectivity index is 0.00000180. The number of aliphatic hydroxyl groups is 3. The van der Waals surface area contributed by atoms with E-state index >= 15 is 0 Å². The van der Waals surface area contributed by atoms with Crippen LogP contribution in [-0.4, -0.2) is 27.4 Å². The molecule has 1 aromatic rings. The van der Waals surface area contributed by atoms with Crippen LogP contribution >= 0.6 is 12.4 Å². The van der Waals surface area contributed by atoms with Gasteiger partial charge in [0.25, 0.3) is 0 Å². The van der Waals surface area contributed by atoms with Gasteiger partial charge >= 0.3 is 5.97 Å². The Morgan fingerprint density at radius 1 is 1.26 bits per heavy atom. The lowest BCUT2D eigenvalue weighted by atomic mass is 9.84. The highest BCUT2D eigenvalue weighted by molar-refractivity contribution is 5.85. The standard InChI is InChI=1S/C14H21NO3.ClH/c1-9(2)15-11-6-7-12-10(8-11)4-3-5-13(12)14(16,17)18;/h3-5,9,11,15-18H,6-8H2,1-2H3;1H. The number of fused-ring (bicyclic) bond motifs is 1. The molecule has 1 aliphatic carbocycles. The summed E-state index contributed by atoms with van der Waals surface area (Å²) in [5, 5.41) is 31.5. The highest BCUT2D eigenvalue weighted by Gasteiger charge is 2.29. The van der Waals surface area contributed by atoms with Crippen LogP contribution in [0.25, 0.3) is 0 Å². The lowest BCUT2D eigenvalue weighted by molar-refractivity contribution is -0.324. The van der Waals surface area contributed by atoms with Gasteiger partial charge in [-0.3, -0.25) is 0 Å². The van der Waals surface area contributed by atoms with Crippen LogP contribution in [0, 0.1) is 0 Å². The summed E-state index contributed by atoms with van der Waals surface area (Å²) in [6.45, 7) is 4.23. The zero-order valence-corrected chi connectivity index (χ0v) is 12.1. The van der Waals surface area contributed by atoms with Crippen molar-refractivity contribution < 1.29 is 15.3 Å². The lowest BCUT2D eigenvalue weighted by Crippen LogP contribution is -2.39. The fourth-order valence-corrected chi connectivity index (χ4v) is 2.74. The largest absolute Gasteiger partial charge is 0.340 e. The van der Waals surface area contributed by atoms with Gasteiger partial charge in [0.1, 0.15) is 0 Å². The second kappa shape index (κ2) is 6.20. The third-order valence-corrected chi connectivity index (χ3v) is 3.41. The fraction of sp³-hybridized carbons (Fsp3) is 0.571. The number of nitrogens with one attached hydrogen (secondary N) is 1. The average Bonchev–Trinajstić information content (AvgIpc) is 2.25. The third-order valence-electron chi connectivity index (χ3n) is 3.41. The fourth-order valence-electron chi connectivity index (χ4n) is 2.74. The predicted octanol–water partition coefficient (Wildman–Crippen LogP) is 1.05. The zero-order chi connectivity index (χ0) is 13.3. The summed E-state index contributed by atoms with van der Waals surface area (Å²) < 4.78 is 0. The minimum atomic E-state index is -2.73. The minimum Gasteiger partial charge on any atom is -0.340 e. The Kier molecular flexibility index (Phi) is 5.35. The molecule has 108 valence electrons. The van der Waals surface area contributed by atoms with E-state index < -0.39 is 5.97 Å². The van der Waals surface area contributed by atoms with Gasteiger partial charge in [0.2, 0.25) is 0 Å². The van der Waals surface area contributed by atoms with E-state index in [0.717, 1.165) is 30.4 Å². The molecule has 0 spiro atoms. The summed E-state index contributed by atoms with van der Waals surface area (Å²) in [6, 6.07) is 6.16. The molecule has 0 radical (unpaired) electrons. The molecule has 0 heterocycles. The van der Waals surface area contributed by atoms with Crippen molar-refractivity contribution in [1.29, 1.82) is 0 Å². The second-order valence-electron chi connectivity index (χ2n) is 5.34. The quantitative estimate of drug-likeness (QED) is 0.627. The summed E-state index contributed by atoms with van der Waals surface area (Å²) in [4.78, 5) is 0. The SMILES string of the molecule is CC(C)NC1CCc2c(cccc2C(O)(O)O)C1.Cl. The van der Waals surface area contributed by atoms with Crippen LogP contribution in [0.1, 0.15) is 37.0 Å². The number of hydrogen-bond donors (Lipinski definition) is 4. The van der Waals surface area contributed by atoms with E-state index in [1.54, 1.807) is 12.1 Å². The van der Waals surface area contributed by atoms with E-state index in [2.05, 4.69) is 19.2 Å². The van der Waals surface area contributed by atoms with Crippen molar-refractivity contribution in [2.45, 2.75) is 51.2 Å². The lowest BCUT2D eigenvalue weighted by Gasteiger charge is -2.30. The van der Waals surface area contributed by atoms with Crippen molar-refractivity contribution in [3.63, 3.8) is 0 Å². The first kappa shape index (κ1) is 16.4. The molecule has 1 atom stereocenters. The van der Waals surface area contributed by atoms with Gasteiger partial charge < -0.3 is 20.6 Å². The number of benzene rings is 1. The molecule has 0 aliphatic heterocycles. The van der Waals surface area contributed by atoms with E-state index in [1.807, 2.05) is 6.07 Å². The Hall–Kier alpha value is -0.650. The molecular weight excluding hydrogens is 266 g/mol. The van der Waals surface area contributed by atoms with Crippen molar-refractivity contribution in [2.24, 2.45) is 0 Å². The molecule has 5 heteroatoms. The van der Waals surface area contributed by atoms with E-state index in [4.69, 9.17) is 0 Å². The number of halogens is 1. The maximum Gasteiger partial charge on any atom is 0.304 e. The van der Waals surface area contributed by atoms with Crippen molar-refractivity contribution in [3.05, 3.63) is 34.9 Å². The van der Waals surface area contributed by atoms with Gasteiger partial charge in [-0.25, -0.2) is 0 Å². The van der Waals surface area contributed by atoms with Gasteiger partial charge in [-0.1, -0.05) is 32.0 Å². The van der Waals surface area contributed by atoms with Crippen molar-refractivity contribution >= 4 is 12.4 Å². The first-order chi connectivity index (χ1) is 8.38. The van der Waals surface area contributed by atoms with Crippen molar-refractivity contribution in [1.82, 2.24) is 5.32 Å². The topological polar surface area (TPSA) is 72.7 Å². The first-order valence-corrected chi connectivity index (χ1v) is 6.42. The second-order valence-corrected chi connectivity index (χ2v) is 5.34. The highest BCUT2D eigenvalue weighted by atomic mass is 35.5. The summed E-state index contributed by atoms with van der Waals surface area (Å²) in [5.41, 5.74) is 2.16. The Morgan fingerprint density at radius 3 is 2.53 bits per heavy atom. The van der Waals surface area contributed by atoms with E-state index in [0.29, 0.717) is 12.1 Å². The number of hydrogen-bond acceptors (Lipinski definition) is 4. The van der Waals surface area contributed by atoms with Crippen LogP contribution in [0.15, 0.2) is 18.2 Å². The van der Waals surface area contributed by atoms with Crippen LogP contribution in [-0.2, 0) is 18.8 Å². The summed E-state index contributed by atoms with van der Waals surface area (Å²) in [6.07, 6.45) is 2.55. The van der Waals surface area contributed by atoms with Gasteiger partial charge in [-0.2, -0.15) is 0 Å². The smallest absolute Gasteiger partial charge is 0.304 e. The molecule has 2 rings (SSSR count). The molecule has 1 unspecified atom stereocenters. The minimum absolute atomic E-state index is 0. The van der Waals surface area contributed by atoms with E-state index in [9.17, 15) is 15.3 Å². The molecule has 0 aromatic heterocycles. The molecule has 19 heavy (non-hydrogen) atoms. The molecule has 0 fully saturated rings. The number of rotatable bonds is 3. The molecule has 4 N–H and O–H groups in total. The normalized spacial score (nSPS) is 18.9. The third kappa shape index (κ3) is 3.91. The molecule has 0 saturated heterocycles. The molecule has 0 bridgehead atoms. The van der Waals surface area contributed by atoms with Gasteiger partial charge in [0, 0.05) is 17.6 Å². The maximum atomic E-state index is 9.35. The van der Waals surface area contributed by atoms with Gasteiger partial charge in [-0.15, -0.1) is 12.4 Å². The van der Waals surface area contributed by atoms with Gasteiger partial charge in [-0.05, 0) is 30.4 Å². The molecule has 0 amide bonds. The molecule has 1 aromatic carbocycles. The Bertz CT molecular complexity index is 429. The summed E-state index contributed by atoms with van der Waals surface area (Å²) in [7, 11) is 0.